The third-order valence-corrected chi connectivity index (χ3v) is 4.17. The second kappa shape index (κ2) is 4.52. The van der Waals surface area contributed by atoms with Crippen molar-refractivity contribution in [1.29, 1.82) is 0 Å². The van der Waals surface area contributed by atoms with E-state index in [4.69, 9.17) is 5.73 Å². The largest absolute Gasteiger partial charge is 0.318 e. The molecule has 0 spiro atoms. The molecular weight excluding hydrogens is 240 g/mol. The lowest BCUT2D eigenvalue weighted by Crippen LogP contribution is -2.11. The number of aryl methyl sites for hydroxylation is 1. The van der Waals surface area contributed by atoms with Crippen molar-refractivity contribution < 1.29 is 0 Å². The van der Waals surface area contributed by atoms with Crippen molar-refractivity contribution in [2.24, 2.45) is 5.73 Å². The molecule has 1 aromatic heterocycles. The maximum Gasteiger partial charge on any atom is 0.115 e. The molecule has 0 aliphatic rings. The molecule has 0 saturated heterocycles. The molecule has 18 heavy (non-hydrogen) atoms. The van der Waals surface area contributed by atoms with Gasteiger partial charge in [0.05, 0.1) is 16.3 Å². The van der Waals surface area contributed by atoms with Crippen molar-refractivity contribution >= 4 is 21.6 Å². The molecule has 0 saturated carbocycles. The predicted octanol–water partition coefficient (Wildman–Crippen LogP) is 3.65. The van der Waals surface area contributed by atoms with Crippen molar-refractivity contribution in [1.82, 2.24) is 4.98 Å². The van der Waals surface area contributed by atoms with E-state index in [1.54, 1.807) is 11.3 Å². The first-order valence-corrected chi connectivity index (χ1v) is 6.74. The van der Waals surface area contributed by atoms with E-state index in [-0.39, 0.29) is 6.04 Å². The number of hydrogen-bond acceptors (Lipinski definition) is 3. The van der Waals surface area contributed by atoms with Gasteiger partial charge in [0.2, 0.25) is 0 Å². The van der Waals surface area contributed by atoms with Crippen molar-refractivity contribution in [2.45, 2.75) is 13.0 Å². The zero-order valence-electron chi connectivity index (χ0n) is 10.1. The summed E-state index contributed by atoms with van der Waals surface area (Å²) in [7, 11) is 0. The molecule has 3 rings (SSSR count). The molecule has 3 aromatic rings. The van der Waals surface area contributed by atoms with Crippen molar-refractivity contribution in [3.05, 3.63) is 64.7 Å². The number of hydrogen-bond donors (Lipinski definition) is 1. The Morgan fingerprint density at radius 3 is 2.56 bits per heavy atom. The molecule has 2 aromatic carbocycles. The van der Waals surface area contributed by atoms with Gasteiger partial charge in [-0.05, 0) is 24.1 Å². The molecule has 0 amide bonds. The van der Waals surface area contributed by atoms with Crippen LogP contribution < -0.4 is 5.73 Å². The number of nitrogens with zero attached hydrogens (tertiary/aromatic N) is 1. The quantitative estimate of drug-likeness (QED) is 0.758. The number of thiazole rings is 1. The Balaban J connectivity index is 2.07. The summed E-state index contributed by atoms with van der Waals surface area (Å²) in [6.07, 6.45) is 0. The minimum Gasteiger partial charge on any atom is -0.318 e. The van der Waals surface area contributed by atoms with Crippen LogP contribution in [0.2, 0.25) is 0 Å². The van der Waals surface area contributed by atoms with Crippen LogP contribution in [0.4, 0.5) is 0 Å². The summed E-state index contributed by atoms with van der Waals surface area (Å²) >= 11 is 1.68. The molecule has 2 nitrogen and oxygen atoms in total. The summed E-state index contributed by atoms with van der Waals surface area (Å²) in [6.45, 7) is 2.08. The fourth-order valence-electron chi connectivity index (χ4n) is 2.04. The lowest BCUT2D eigenvalue weighted by Gasteiger charge is -2.07. The number of rotatable bonds is 2. The Morgan fingerprint density at radius 2 is 1.83 bits per heavy atom. The van der Waals surface area contributed by atoms with Gasteiger partial charge in [-0.15, -0.1) is 11.3 Å². The van der Waals surface area contributed by atoms with Gasteiger partial charge in [0, 0.05) is 0 Å². The molecular formula is C15H14N2S. The normalized spacial score (nSPS) is 12.8. The van der Waals surface area contributed by atoms with Gasteiger partial charge in [0.25, 0.3) is 0 Å². The summed E-state index contributed by atoms with van der Waals surface area (Å²) in [5, 5.41) is 0.977. The topological polar surface area (TPSA) is 38.9 Å². The Bertz CT molecular complexity index is 673. The highest BCUT2D eigenvalue weighted by atomic mass is 32.1. The maximum atomic E-state index is 6.28. The van der Waals surface area contributed by atoms with Gasteiger partial charge in [0.15, 0.2) is 0 Å². The number of fused-ring (bicyclic) bond motifs is 1. The van der Waals surface area contributed by atoms with Crippen LogP contribution in [0.3, 0.4) is 0 Å². The number of aromatic nitrogens is 1. The van der Waals surface area contributed by atoms with Gasteiger partial charge in [-0.25, -0.2) is 4.98 Å². The average Bonchev–Trinajstić information content (AvgIpc) is 2.84. The molecule has 90 valence electrons. The lowest BCUT2D eigenvalue weighted by molar-refractivity contribution is 0.861. The fraction of sp³-hybridized carbons (Fsp3) is 0.133. The van der Waals surface area contributed by atoms with Crippen molar-refractivity contribution in [3.63, 3.8) is 0 Å². The first-order chi connectivity index (χ1) is 8.75. The second-order valence-electron chi connectivity index (χ2n) is 4.36. The van der Waals surface area contributed by atoms with E-state index in [0.717, 1.165) is 16.1 Å². The molecule has 1 heterocycles. The summed E-state index contributed by atoms with van der Waals surface area (Å²) in [5.41, 5.74) is 9.66. The van der Waals surface area contributed by atoms with E-state index in [0.29, 0.717) is 0 Å². The van der Waals surface area contributed by atoms with E-state index in [1.165, 1.54) is 10.3 Å². The summed E-state index contributed by atoms with van der Waals surface area (Å²) in [5.74, 6) is 0. The monoisotopic (exact) mass is 254 g/mol. The van der Waals surface area contributed by atoms with Crippen LogP contribution >= 0.6 is 11.3 Å². The van der Waals surface area contributed by atoms with Gasteiger partial charge in [-0.3, -0.25) is 0 Å². The van der Waals surface area contributed by atoms with E-state index >= 15 is 0 Å². The molecule has 0 aliphatic carbocycles. The van der Waals surface area contributed by atoms with Crippen LogP contribution in [-0.2, 0) is 0 Å². The summed E-state index contributed by atoms with van der Waals surface area (Å²) in [4.78, 5) is 4.68. The lowest BCUT2D eigenvalue weighted by atomic mass is 10.1. The van der Waals surface area contributed by atoms with Crippen LogP contribution in [0.25, 0.3) is 10.2 Å². The zero-order valence-corrected chi connectivity index (χ0v) is 10.9. The molecule has 1 atom stereocenters. The van der Waals surface area contributed by atoms with Crippen LogP contribution in [0.1, 0.15) is 22.2 Å². The highest BCUT2D eigenvalue weighted by molar-refractivity contribution is 7.18. The zero-order chi connectivity index (χ0) is 12.5. The van der Waals surface area contributed by atoms with Crippen molar-refractivity contribution in [3.8, 4) is 0 Å². The third-order valence-electron chi connectivity index (χ3n) is 3.06. The molecule has 0 bridgehead atoms. The van der Waals surface area contributed by atoms with E-state index in [9.17, 15) is 0 Å². The first kappa shape index (κ1) is 11.4. The highest BCUT2D eigenvalue weighted by Crippen LogP contribution is 2.30. The van der Waals surface area contributed by atoms with Crippen LogP contribution in [-0.4, -0.2) is 4.98 Å². The molecule has 0 aliphatic heterocycles. The molecule has 1 unspecified atom stereocenters. The third kappa shape index (κ3) is 1.92. The first-order valence-electron chi connectivity index (χ1n) is 5.92. The Labute approximate surface area is 110 Å². The van der Waals surface area contributed by atoms with Gasteiger partial charge < -0.3 is 5.73 Å². The predicted molar refractivity (Wildman–Crippen MR) is 76.8 cm³/mol. The minimum atomic E-state index is -0.136. The SMILES string of the molecule is Cc1cccc2sc(C(N)c3ccccc3)nc12. The van der Waals surface area contributed by atoms with Gasteiger partial charge in [-0.1, -0.05) is 42.5 Å². The van der Waals surface area contributed by atoms with E-state index < -0.39 is 0 Å². The van der Waals surface area contributed by atoms with Gasteiger partial charge in [0.1, 0.15) is 5.01 Å². The van der Waals surface area contributed by atoms with Gasteiger partial charge >= 0.3 is 0 Å². The van der Waals surface area contributed by atoms with Crippen LogP contribution in [0, 0.1) is 6.92 Å². The van der Waals surface area contributed by atoms with Crippen LogP contribution in [0.15, 0.2) is 48.5 Å². The average molecular weight is 254 g/mol. The smallest absolute Gasteiger partial charge is 0.115 e. The maximum absolute atomic E-state index is 6.28. The standard InChI is InChI=1S/C15H14N2S/c1-10-6-5-9-12-14(10)17-15(18-12)13(16)11-7-3-2-4-8-11/h2-9,13H,16H2,1H3. The number of benzene rings is 2. The van der Waals surface area contributed by atoms with Crippen molar-refractivity contribution in [2.75, 3.05) is 0 Å². The fourth-order valence-corrected chi connectivity index (χ4v) is 3.11. The molecule has 3 heteroatoms. The van der Waals surface area contributed by atoms with Gasteiger partial charge in [-0.2, -0.15) is 0 Å². The molecule has 2 N–H and O–H groups in total. The van der Waals surface area contributed by atoms with Crippen LogP contribution in [0.5, 0.6) is 0 Å². The summed E-state index contributed by atoms with van der Waals surface area (Å²) in [6, 6.07) is 16.2. The Kier molecular flexibility index (Phi) is 2.86. The second-order valence-corrected chi connectivity index (χ2v) is 5.42. The summed E-state index contributed by atoms with van der Waals surface area (Å²) < 4.78 is 1.20. The molecule has 0 radical (unpaired) electrons. The van der Waals surface area contributed by atoms with E-state index in [1.807, 2.05) is 30.3 Å². The number of nitrogens with two attached hydrogens (primary N) is 1. The number of para-hydroxylation sites is 1. The highest BCUT2D eigenvalue weighted by Gasteiger charge is 2.14. The van der Waals surface area contributed by atoms with E-state index in [2.05, 4.69) is 30.1 Å². The Morgan fingerprint density at radius 1 is 1.06 bits per heavy atom. The minimum absolute atomic E-state index is 0.136. The molecule has 0 fully saturated rings. The Hall–Kier alpha value is -1.71.